The average molecular weight is 341 g/mol. The van der Waals surface area contributed by atoms with E-state index >= 15 is 0 Å². The van der Waals surface area contributed by atoms with Crippen molar-refractivity contribution in [3.8, 4) is 0 Å². The lowest BCUT2D eigenvalue weighted by molar-refractivity contribution is -0.122. The molecule has 3 rings (SSSR count). The maximum Gasteiger partial charge on any atom is 0.234 e. The fraction of sp³-hybridized carbons (Fsp3) is 0.450. The van der Waals surface area contributed by atoms with Crippen LogP contribution >= 0.6 is 0 Å². The van der Waals surface area contributed by atoms with E-state index in [-0.39, 0.29) is 5.91 Å². The van der Waals surface area contributed by atoms with Crippen LogP contribution in [0.2, 0.25) is 0 Å². The van der Waals surface area contributed by atoms with E-state index in [2.05, 4.69) is 46.3 Å². The highest BCUT2D eigenvalue weighted by molar-refractivity contribution is 5.78. The van der Waals surface area contributed by atoms with Gasteiger partial charge in [-0.2, -0.15) is 0 Å². The Balaban J connectivity index is 1.37. The van der Waals surface area contributed by atoms with Crippen molar-refractivity contribution in [2.45, 2.75) is 20.3 Å². The van der Waals surface area contributed by atoms with E-state index in [9.17, 15) is 4.79 Å². The van der Waals surface area contributed by atoms with Crippen molar-refractivity contribution >= 4 is 11.6 Å². The van der Waals surface area contributed by atoms with Gasteiger partial charge in [0.25, 0.3) is 0 Å². The summed E-state index contributed by atoms with van der Waals surface area (Å²) in [4.78, 5) is 16.7. The minimum Gasteiger partial charge on any atom is -0.466 e. The Morgan fingerprint density at radius 3 is 2.60 bits per heavy atom. The fourth-order valence-electron chi connectivity index (χ4n) is 3.19. The molecule has 0 aliphatic carbocycles. The molecule has 2 aromatic rings. The lowest BCUT2D eigenvalue weighted by Crippen LogP contribution is -2.49. The molecule has 1 aliphatic rings. The molecule has 0 spiro atoms. The zero-order valence-corrected chi connectivity index (χ0v) is 15.1. The number of hydrogen-bond acceptors (Lipinski definition) is 4. The maximum atomic E-state index is 12.1. The molecular weight excluding hydrogens is 314 g/mol. The summed E-state index contributed by atoms with van der Waals surface area (Å²) in [6.45, 7) is 8.89. The van der Waals surface area contributed by atoms with Crippen LogP contribution in [-0.2, 0) is 11.2 Å². The van der Waals surface area contributed by atoms with E-state index in [0.717, 1.165) is 44.1 Å². The molecule has 2 heterocycles. The number of benzene rings is 1. The predicted molar refractivity (Wildman–Crippen MR) is 100.0 cm³/mol. The summed E-state index contributed by atoms with van der Waals surface area (Å²) in [5.41, 5.74) is 2.56. The van der Waals surface area contributed by atoms with E-state index in [0.29, 0.717) is 13.1 Å². The van der Waals surface area contributed by atoms with Crippen LogP contribution in [0.25, 0.3) is 0 Å². The van der Waals surface area contributed by atoms with Crippen molar-refractivity contribution in [1.29, 1.82) is 0 Å². The summed E-state index contributed by atoms with van der Waals surface area (Å²) in [7, 11) is 0. The van der Waals surface area contributed by atoms with Crippen LogP contribution < -0.4 is 10.2 Å². The molecule has 134 valence electrons. The molecule has 0 bridgehead atoms. The number of furan rings is 1. The highest BCUT2D eigenvalue weighted by Gasteiger charge is 2.19. The SMILES string of the molecule is Cc1cccc(N2CCN(CC(=O)NCCc3ccc(C)o3)CC2)c1. The Bertz CT molecular complexity index is 702. The number of nitrogens with one attached hydrogen (secondary N) is 1. The predicted octanol–water partition coefficient (Wildman–Crippen LogP) is 2.38. The van der Waals surface area contributed by atoms with Gasteiger partial charge in [0.05, 0.1) is 6.54 Å². The van der Waals surface area contributed by atoms with Crippen LogP contribution in [0.15, 0.2) is 40.8 Å². The van der Waals surface area contributed by atoms with Gasteiger partial charge in [0.2, 0.25) is 5.91 Å². The monoisotopic (exact) mass is 341 g/mol. The molecule has 0 radical (unpaired) electrons. The van der Waals surface area contributed by atoms with Crippen molar-refractivity contribution in [3.63, 3.8) is 0 Å². The molecule has 1 amide bonds. The Hall–Kier alpha value is -2.27. The first-order chi connectivity index (χ1) is 12.1. The van der Waals surface area contributed by atoms with Crippen molar-refractivity contribution in [1.82, 2.24) is 10.2 Å². The van der Waals surface area contributed by atoms with Crippen molar-refractivity contribution in [3.05, 3.63) is 53.5 Å². The lowest BCUT2D eigenvalue weighted by Gasteiger charge is -2.35. The van der Waals surface area contributed by atoms with Crippen LogP contribution in [0.1, 0.15) is 17.1 Å². The van der Waals surface area contributed by atoms with Crippen LogP contribution in [0.5, 0.6) is 0 Å². The van der Waals surface area contributed by atoms with Crippen molar-refractivity contribution in [2.24, 2.45) is 0 Å². The zero-order chi connectivity index (χ0) is 17.6. The molecule has 0 saturated carbocycles. The number of rotatable bonds is 6. The third kappa shape index (κ3) is 5.10. The van der Waals surface area contributed by atoms with E-state index in [1.54, 1.807) is 0 Å². The smallest absolute Gasteiger partial charge is 0.234 e. The number of carbonyl (C=O) groups is 1. The highest BCUT2D eigenvalue weighted by Crippen LogP contribution is 2.17. The van der Waals surface area contributed by atoms with Gasteiger partial charge in [0.15, 0.2) is 0 Å². The summed E-state index contributed by atoms with van der Waals surface area (Å²) in [5.74, 6) is 1.92. The van der Waals surface area contributed by atoms with E-state index < -0.39 is 0 Å². The van der Waals surface area contributed by atoms with E-state index in [4.69, 9.17) is 4.42 Å². The van der Waals surface area contributed by atoms with Crippen LogP contribution in [0, 0.1) is 13.8 Å². The Labute approximate surface area is 149 Å². The lowest BCUT2D eigenvalue weighted by atomic mass is 10.2. The van der Waals surface area contributed by atoms with Gasteiger partial charge in [0.1, 0.15) is 11.5 Å². The minimum atomic E-state index is 0.0901. The second-order valence-corrected chi connectivity index (χ2v) is 6.71. The first kappa shape index (κ1) is 17.5. The number of amides is 1. The number of carbonyl (C=O) groups excluding carboxylic acids is 1. The summed E-state index contributed by atoms with van der Waals surface area (Å²) in [6.07, 6.45) is 0.737. The van der Waals surface area contributed by atoms with Crippen LogP contribution in [0.3, 0.4) is 0 Å². The molecule has 1 aromatic carbocycles. The summed E-state index contributed by atoms with van der Waals surface area (Å²) < 4.78 is 5.51. The Kier molecular flexibility index (Phi) is 5.76. The van der Waals surface area contributed by atoms with Crippen LogP contribution in [0.4, 0.5) is 5.69 Å². The quantitative estimate of drug-likeness (QED) is 0.876. The van der Waals surface area contributed by atoms with Gasteiger partial charge in [-0.25, -0.2) is 0 Å². The maximum absolute atomic E-state index is 12.1. The number of nitrogens with zero attached hydrogens (tertiary/aromatic N) is 2. The van der Waals surface area contributed by atoms with E-state index in [1.807, 2.05) is 19.1 Å². The minimum absolute atomic E-state index is 0.0901. The second kappa shape index (κ2) is 8.21. The summed E-state index contributed by atoms with van der Waals surface area (Å²) in [6, 6.07) is 12.5. The number of hydrogen-bond donors (Lipinski definition) is 1. The molecule has 1 aliphatic heterocycles. The molecule has 5 nitrogen and oxygen atoms in total. The molecule has 1 saturated heterocycles. The number of anilines is 1. The first-order valence-electron chi connectivity index (χ1n) is 8.96. The average Bonchev–Trinajstić information content (AvgIpc) is 3.01. The Morgan fingerprint density at radius 2 is 1.92 bits per heavy atom. The molecule has 1 fully saturated rings. The molecule has 1 N–H and O–H groups in total. The number of aryl methyl sites for hydroxylation is 2. The molecule has 0 atom stereocenters. The van der Waals surface area contributed by atoms with Crippen molar-refractivity contribution < 1.29 is 9.21 Å². The fourth-order valence-corrected chi connectivity index (χ4v) is 3.19. The van der Waals surface area contributed by atoms with Crippen molar-refractivity contribution in [2.75, 3.05) is 44.2 Å². The molecule has 1 aromatic heterocycles. The van der Waals surface area contributed by atoms with Gasteiger partial charge in [-0.05, 0) is 43.7 Å². The second-order valence-electron chi connectivity index (χ2n) is 6.71. The largest absolute Gasteiger partial charge is 0.466 e. The molecule has 5 heteroatoms. The summed E-state index contributed by atoms with van der Waals surface area (Å²) >= 11 is 0. The van der Waals surface area contributed by atoms with E-state index in [1.165, 1.54) is 11.3 Å². The van der Waals surface area contributed by atoms with Gasteiger partial charge in [0, 0.05) is 44.8 Å². The normalized spacial score (nSPS) is 15.4. The zero-order valence-electron chi connectivity index (χ0n) is 15.1. The van der Waals surface area contributed by atoms with Gasteiger partial charge < -0.3 is 14.6 Å². The molecule has 25 heavy (non-hydrogen) atoms. The topological polar surface area (TPSA) is 48.7 Å². The first-order valence-corrected chi connectivity index (χ1v) is 8.96. The van der Waals surface area contributed by atoms with Gasteiger partial charge >= 0.3 is 0 Å². The third-order valence-corrected chi connectivity index (χ3v) is 4.60. The third-order valence-electron chi connectivity index (χ3n) is 4.60. The Morgan fingerprint density at radius 1 is 1.12 bits per heavy atom. The van der Waals surface area contributed by atoms with Crippen LogP contribution in [-0.4, -0.2) is 50.1 Å². The standard InChI is InChI=1S/C20H27N3O2/c1-16-4-3-5-18(14-16)23-12-10-22(11-13-23)15-20(24)21-9-8-19-7-6-17(2)25-19/h3-7,14H,8-13,15H2,1-2H3,(H,21,24). The van der Waals surface area contributed by atoms with Gasteiger partial charge in [-0.3, -0.25) is 9.69 Å². The summed E-state index contributed by atoms with van der Waals surface area (Å²) in [5, 5.41) is 2.98. The number of piperazine rings is 1. The van der Waals surface area contributed by atoms with Gasteiger partial charge in [-0.15, -0.1) is 0 Å². The molecular formula is C20H27N3O2. The molecule has 0 unspecified atom stereocenters. The highest BCUT2D eigenvalue weighted by atomic mass is 16.3. The van der Waals surface area contributed by atoms with Gasteiger partial charge in [-0.1, -0.05) is 12.1 Å².